The molecule has 8 heteroatoms. The van der Waals surface area contributed by atoms with E-state index in [-0.39, 0.29) is 11.3 Å². The number of aryl methyl sites for hydroxylation is 1. The lowest BCUT2D eigenvalue weighted by Crippen LogP contribution is -2.17. The van der Waals surface area contributed by atoms with Crippen LogP contribution in [0.2, 0.25) is 0 Å². The average molecular weight is 350 g/mol. The minimum Gasteiger partial charge on any atom is -0.465 e. The molecule has 0 spiro atoms. The van der Waals surface area contributed by atoms with Crippen molar-refractivity contribution in [1.29, 1.82) is 5.26 Å². The standard InChI is InChI=1S/C17H13F3N2O3/c1-10-7-11(9-21)3-5-14(10)22-15-6-4-12(25-17(18,19)20)8-13(15)16(23)24-2/h3-8,22H,1-2H3. The molecule has 0 atom stereocenters. The fourth-order valence-corrected chi connectivity index (χ4v) is 2.13. The number of carbonyl (C=O) groups is 1. The van der Waals surface area contributed by atoms with E-state index < -0.39 is 18.1 Å². The Morgan fingerprint density at radius 1 is 1.16 bits per heavy atom. The Morgan fingerprint density at radius 3 is 2.40 bits per heavy atom. The summed E-state index contributed by atoms with van der Waals surface area (Å²) in [7, 11) is 1.12. The smallest absolute Gasteiger partial charge is 0.465 e. The van der Waals surface area contributed by atoms with Gasteiger partial charge < -0.3 is 14.8 Å². The van der Waals surface area contributed by atoms with Crippen LogP contribution in [0, 0.1) is 18.3 Å². The maximum atomic E-state index is 12.3. The minimum absolute atomic E-state index is 0.118. The normalized spacial score (nSPS) is 10.7. The monoisotopic (exact) mass is 350 g/mol. The van der Waals surface area contributed by atoms with Crippen molar-refractivity contribution in [2.24, 2.45) is 0 Å². The van der Waals surface area contributed by atoms with Crippen LogP contribution >= 0.6 is 0 Å². The molecule has 0 aliphatic rings. The Morgan fingerprint density at radius 2 is 1.84 bits per heavy atom. The number of nitrogens with zero attached hydrogens (tertiary/aromatic N) is 1. The molecule has 0 fully saturated rings. The van der Waals surface area contributed by atoms with Gasteiger partial charge in [0.1, 0.15) is 5.75 Å². The molecule has 2 aromatic rings. The van der Waals surface area contributed by atoms with E-state index in [9.17, 15) is 18.0 Å². The molecular weight excluding hydrogens is 337 g/mol. The summed E-state index contributed by atoms with van der Waals surface area (Å²) in [4.78, 5) is 11.9. The number of alkyl halides is 3. The highest BCUT2D eigenvalue weighted by Crippen LogP contribution is 2.30. The molecule has 25 heavy (non-hydrogen) atoms. The predicted molar refractivity (Wildman–Crippen MR) is 83.6 cm³/mol. The van der Waals surface area contributed by atoms with Crippen LogP contribution in [-0.2, 0) is 4.74 Å². The van der Waals surface area contributed by atoms with Gasteiger partial charge in [-0.25, -0.2) is 4.79 Å². The Labute approximate surface area is 141 Å². The van der Waals surface area contributed by atoms with Crippen LogP contribution in [-0.4, -0.2) is 19.4 Å². The number of anilines is 2. The topological polar surface area (TPSA) is 71.3 Å². The highest BCUT2D eigenvalue weighted by Gasteiger charge is 2.31. The third-order valence-electron chi connectivity index (χ3n) is 3.25. The summed E-state index contributed by atoms with van der Waals surface area (Å²) in [6.45, 7) is 1.75. The molecule has 0 aliphatic carbocycles. The van der Waals surface area contributed by atoms with E-state index in [1.807, 2.05) is 6.07 Å². The quantitative estimate of drug-likeness (QED) is 0.833. The number of nitriles is 1. The zero-order valence-corrected chi connectivity index (χ0v) is 13.3. The summed E-state index contributed by atoms with van der Waals surface area (Å²) in [5.41, 5.74) is 1.91. The molecule has 0 saturated carbocycles. The van der Waals surface area contributed by atoms with Gasteiger partial charge in [-0.1, -0.05) is 0 Å². The minimum atomic E-state index is -4.87. The number of rotatable bonds is 4. The van der Waals surface area contributed by atoms with Crippen molar-refractivity contribution in [1.82, 2.24) is 0 Å². The van der Waals surface area contributed by atoms with Crippen LogP contribution in [0.1, 0.15) is 21.5 Å². The number of carbonyl (C=O) groups excluding carboxylic acids is 1. The van der Waals surface area contributed by atoms with Crippen molar-refractivity contribution in [3.05, 3.63) is 53.1 Å². The van der Waals surface area contributed by atoms with Crippen LogP contribution in [0.3, 0.4) is 0 Å². The molecule has 0 saturated heterocycles. The molecule has 0 bridgehead atoms. The summed E-state index contributed by atoms with van der Waals surface area (Å²) < 4.78 is 45.5. The van der Waals surface area contributed by atoms with E-state index in [0.717, 1.165) is 24.8 Å². The van der Waals surface area contributed by atoms with Gasteiger partial charge in [-0.3, -0.25) is 0 Å². The molecule has 0 aromatic heterocycles. The number of ether oxygens (including phenoxy) is 2. The van der Waals surface area contributed by atoms with E-state index in [1.54, 1.807) is 25.1 Å². The average Bonchev–Trinajstić information content (AvgIpc) is 2.55. The number of hydrogen-bond acceptors (Lipinski definition) is 5. The maximum absolute atomic E-state index is 12.3. The van der Waals surface area contributed by atoms with Gasteiger partial charge in [-0.15, -0.1) is 13.2 Å². The van der Waals surface area contributed by atoms with Gasteiger partial charge in [0, 0.05) is 5.69 Å². The Bertz CT molecular complexity index is 842. The lowest BCUT2D eigenvalue weighted by atomic mass is 10.1. The summed E-state index contributed by atoms with van der Waals surface area (Å²) >= 11 is 0. The first-order chi connectivity index (χ1) is 11.7. The molecular formula is C17H13F3N2O3. The van der Waals surface area contributed by atoms with Crippen molar-refractivity contribution in [2.45, 2.75) is 13.3 Å². The van der Waals surface area contributed by atoms with E-state index in [4.69, 9.17) is 5.26 Å². The predicted octanol–water partition coefficient (Wildman–Crippen LogP) is 4.30. The fourth-order valence-electron chi connectivity index (χ4n) is 2.13. The number of esters is 1. The SMILES string of the molecule is COC(=O)c1cc(OC(F)(F)F)ccc1Nc1ccc(C#N)cc1C. The fraction of sp³-hybridized carbons (Fsp3) is 0.176. The molecule has 0 radical (unpaired) electrons. The molecule has 5 nitrogen and oxygen atoms in total. The van der Waals surface area contributed by atoms with Crippen molar-refractivity contribution in [3.8, 4) is 11.8 Å². The number of hydrogen-bond donors (Lipinski definition) is 1. The third kappa shape index (κ3) is 4.64. The van der Waals surface area contributed by atoms with Crippen molar-refractivity contribution in [2.75, 3.05) is 12.4 Å². The van der Waals surface area contributed by atoms with E-state index in [2.05, 4.69) is 14.8 Å². The summed E-state index contributed by atoms with van der Waals surface area (Å²) in [5.74, 6) is -1.35. The maximum Gasteiger partial charge on any atom is 0.573 e. The van der Waals surface area contributed by atoms with Gasteiger partial charge in [0.15, 0.2) is 0 Å². The summed E-state index contributed by atoms with van der Waals surface area (Å²) in [6.07, 6.45) is -4.87. The number of benzene rings is 2. The zero-order valence-electron chi connectivity index (χ0n) is 13.3. The Hall–Kier alpha value is -3.21. The number of halogens is 3. The summed E-state index contributed by atoms with van der Waals surface area (Å²) in [5, 5.41) is 11.8. The molecule has 0 heterocycles. The summed E-state index contributed by atoms with van der Waals surface area (Å²) in [6, 6.07) is 10.2. The van der Waals surface area contributed by atoms with Crippen LogP contribution in [0.5, 0.6) is 5.75 Å². The highest BCUT2D eigenvalue weighted by molar-refractivity contribution is 5.97. The first-order valence-electron chi connectivity index (χ1n) is 6.99. The highest BCUT2D eigenvalue weighted by atomic mass is 19.4. The van der Waals surface area contributed by atoms with E-state index >= 15 is 0 Å². The van der Waals surface area contributed by atoms with Gasteiger partial charge >= 0.3 is 12.3 Å². The lowest BCUT2D eigenvalue weighted by molar-refractivity contribution is -0.274. The van der Waals surface area contributed by atoms with Gasteiger partial charge in [0.25, 0.3) is 0 Å². The molecule has 2 aromatic carbocycles. The first kappa shape index (κ1) is 18.1. The zero-order chi connectivity index (χ0) is 18.6. The molecule has 0 aliphatic heterocycles. The molecule has 130 valence electrons. The van der Waals surface area contributed by atoms with Crippen LogP contribution < -0.4 is 10.1 Å². The second-order valence-electron chi connectivity index (χ2n) is 5.01. The van der Waals surface area contributed by atoms with Gasteiger partial charge in [0.2, 0.25) is 0 Å². The van der Waals surface area contributed by atoms with Gasteiger partial charge in [-0.05, 0) is 48.9 Å². The van der Waals surface area contributed by atoms with Crippen LogP contribution in [0.25, 0.3) is 0 Å². The van der Waals surface area contributed by atoms with Crippen LogP contribution in [0.4, 0.5) is 24.5 Å². The largest absolute Gasteiger partial charge is 0.573 e. The van der Waals surface area contributed by atoms with Crippen LogP contribution in [0.15, 0.2) is 36.4 Å². The second-order valence-corrected chi connectivity index (χ2v) is 5.01. The van der Waals surface area contributed by atoms with Crippen molar-refractivity contribution >= 4 is 17.3 Å². The van der Waals surface area contributed by atoms with Crippen molar-refractivity contribution in [3.63, 3.8) is 0 Å². The Kier molecular flexibility index (Phi) is 5.17. The van der Waals surface area contributed by atoms with E-state index in [0.29, 0.717) is 11.3 Å². The number of nitrogens with one attached hydrogen (secondary N) is 1. The molecule has 0 amide bonds. The molecule has 1 N–H and O–H groups in total. The van der Waals surface area contributed by atoms with Gasteiger partial charge in [0.05, 0.1) is 30.0 Å². The third-order valence-corrected chi connectivity index (χ3v) is 3.25. The van der Waals surface area contributed by atoms with E-state index in [1.165, 1.54) is 6.07 Å². The Balaban J connectivity index is 2.40. The first-order valence-corrected chi connectivity index (χ1v) is 6.99. The van der Waals surface area contributed by atoms with Crippen molar-refractivity contribution < 1.29 is 27.4 Å². The molecule has 0 unspecified atom stereocenters. The molecule has 2 rings (SSSR count). The second kappa shape index (κ2) is 7.13. The number of methoxy groups -OCH3 is 1. The van der Waals surface area contributed by atoms with Gasteiger partial charge in [-0.2, -0.15) is 5.26 Å². The lowest BCUT2D eigenvalue weighted by Gasteiger charge is -2.15.